The van der Waals surface area contributed by atoms with Crippen LogP contribution in [0.1, 0.15) is 63.9 Å². The summed E-state index contributed by atoms with van der Waals surface area (Å²) < 4.78 is 0. The third-order valence-corrected chi connectivity index (χ3v) is 4.54. The van der Waals surface area contributed by atoms with Gasteiger partial charge in [-0.05, 0) is 30.5 Å². The van der Waals surface area contributed by atoms with Crippen LogP contribution in [0, 0.1) is 11.3 Å². The third kappa shape index (κ3) is 6.17. The van der Waals surface area contributed by atoms with Gasteiger partial charge in [0, 0.05) is 17.5 Å². The van der Waals surface area contributed by atoms with Crippen LogP contribution in [0.2, 0.25) is 0 Å². The van der Waals surface area contributed by atoms with Gasteiger partial charge in [0.15, 0.2) is 0 Å². The quantitative estimate of drug-likeness (QED) is 0.695. The van der Waals surface area contributed by atoms with Gasteiger partial charge in [-0.15, -0.1) is 0 Å². The predicted molar refractivity (Wildman–Crippen MR) is 101 cm³/mol. The number of hydrogen-bond donors (Lipinski definition) is 3. The van der Waals surface area contributed by atoms with Gasteiger partial charge in [-0.3, -0.25) is 14.4 Å². The molecule has 1 unspecified atom stereocenters. The number of carbonyl (C=O) groups is 3. The van der Waals surface area contributed by atoms with Gasteiger partial charge in [0.2, 0.25) is 5.91 Å². The number of rotatable bonds is 7. The molecule has 6 nitrogen and oxygen atoms in total. The summed E-state index contributed by atoms with van der Waals surface area (Å²) in [4.78, 5) is 35.5. The Hall–Kier alpha value is -2.37. The van der Waals surface area contributed by atoms with E-state index in [1.54, 1.807) is 31.2 Å². The number of aliphatic carboxylic acids is 1. The van der Waals surface area contributed by atoms with E-state index in [0.29, 0.717) is 12.1 Å². The van der Waals surface area contributed by atoms with E-state index in [1.165, 1.54) is 0 Å². The van der Waals surface area contributed by atoms with Crippen LogP contribution in [0.4, 0.5) is 0 Å². The lowest BCUT2D eigenvalue weighted by Crippen LogP contribution is -2.51. The SMILES string of the molecule is CC(C)C(C)(CC(=O)O)NC(=O)c1ccc(CNC(=O)C(C)(C)C)cc1. The minimum absolute atomic E-state index is 0.0329. The van der Waals surface area contributed by atoms with E-state index < -0.39 is 16.9 Å². The van der Waals surface area contributed by atoms with Gasteiger partial charge in [0.25, 0.3) is 5.91 Å². The molecule has 2 amide bonds. The van der Waals surface area contributed by atoms with Gasteiger partial charge < -0.3 is 15.7 Å². The van der Waals surface area contributed by atoms with Crippen molar-refractivity contribution in [1.29, 1.82) is 0 Å². The lowest BCUT2D eigenvalue weighted by molar-refractivity contribution is -0.139. The molecule has 0 saturated carbocycles. The van der Waals surface area contributed by atoms with E-state index in [2.05, 4.69) is 10.6 Å². The second kappa shape index (κ2) is 8.34. The third-order valence-electron chi connectivity index (χ3n) is 4.54. The van der Waals surface area contributed by atoms with E-state index in [1.807, 2.05) is 34.6 Å². The van der Waals surface area contributed by atoms with Crippen molar-refractivity contribution in [2.45, 2.75) is 60.0 Å². The highest BCUT2D eigenvalue weighted by atomic mass is 16.4. The Labute approximate surface area is 155 Å². The Morgan fingerprint density at radius 2 is 1.58 bits per heavy atom. The minimum Gasteiger partial charge on any atom is -0.481 e. The van der Waals surface area contributed by atoms with Crippen molar-refractivity contribution in [3.8, 4) is 0 Å². The molecule has 0 fully saturated rings. The van der Waals surface area contributed by atoms with Crippen LogP contribution in [0.3, 0.4) is 0 Å². The first-order valence-electron chi connectivity index (χ1n) is 8.76. The van der Waals surface area contributed by atoms with Crippen LogP contribution in [0.25, 0.3) is 0 Å². The van der Waals surface area contributed by atoms with E-state index in [4.69, 9.17) is 5.11 Å². The summed E-state index contributed by atoms with van der Waals surface area (Å²) in [5, 5.41) is 14.8. The van der Waals surface area contributed by atoms with Crippen LogP contribution >= 0.6 is 0 Å². The highest BCUT2D eigenvalue weighted by Crippen LogP contribution is 2.21. The van der Waals surface area contributed by atoms with Crippen molar-refractivity contribution in [2.24, 2.45) is 11.3 Å². The number of hydrogen-bond acceptors (Lipinski definition) is 3. The summed E-state index contributed by atoms with van der Waals surface area (Å²) >= 11 is 0. The van der Waals surface area contributed by atoms with Crippen molar-refractivity contribution in [1.82, 2.24) is 10.6 Å². The monoisotopic (exact) mass is 362 g/mol. The second-order valence-corrected chi connectivity index (χ2v) is 8.23. The van der Waals surface area contributed by atoms with Crippen LogP contribution in [0.15, 0.2) is 24.3 Å². The molecule has 0 aliphatic carbocycles. The fourth-order valence-electron chi connectivity index (χ4n) is 2.26. The lowest BCUT2D eigenvalue weighted by atomic mass is 9.85. The van der Waals surface area contributed by atoms with Crippen molar-refractivity contribution >= 4 is 17.8 Å². The molecule has 1 aromatic carbocycles. The normalized spacial score (nSPS) is 13.8. The summed E-state index contributed by atoms with van der Waals surface area (Å²) in [6, 6.07) is 6.91. The number of amides is 2. The molecule has 1 atom stereocenters. The zero-order valence-electron chi connectivity index (χ0n) is 16.5. The van der Waals surface area contributed by atoms with Crippen LogP contribution in [0.5, 0.6) is 0 Å². The first-order valence-corrected chi connectivity index (χ1v) is 8.76. The largest absolute Gasteiger partial charge is 0.481 e. The Balaban J connectivity index is 2.77. The number of carbonyl (C=O) groups excluding carboxylic acids is 2. The minimum atomic E-state index is -0.952. The van der Waals surface area contributed by atoms with Crippen molar-refractivity contribution in [3.05, 3.63) is 35.4 Å². The fraction of sp³-hybridized carbons (Fsp3) is 0.550. The molecule has 6 heteroatoms. The number of nitrogens with one attached hydrogen (secondary N) is 2. The Kier molecular flexibility index (Phi) is 6.95. The molecule has 26 heavy (non-hydrogen) atoms. The van der Waals surface area contributed by atoms with Gasteiger partial charge in [0.05, 0.1) is 12.0 Å². The summed E-state index contributed by atoms with van der Waals surface area (Å²) in [6.45, 7) is 11.4. The summed E-state index contributed by atoms with van der Waals surface area (Å²) in [7, 11) is 0. The van der Waals surface area contributed by atoms with E-state index in [-0.39, 0.29) is 24.2 Å². The molecule has 3 N–H and O–H groups in total. The lowest BCUT2D eigenvalue weighted by Gasteiger charge is -2.33. The molecule has 0 heterocycles. The molecule has 144 valence electrons. The average Bonchev–Trinajstić information content (AvgIpc) is 2.51. The molecule has 0 bridgehead atoms. The maximum absolute atomic E-state index is 12.5. The summed E-state index contributed by atoms with van der Waals surface area (Å²) in [5.74, 6) is -1.34. The predicted octanol–water partition coefficient (Wildman–Crippen LogP) is 2.97. The molecule has 1 rings (SSSR count). The van der Waals surface area contributed by atoms with Crippen LogP contribution in [-0.4, -0.2) is 28.4 Å². The second-order valence-electron chi connectivity index (χ2n) is 8.23. The first-order chi connectivity index (χ1) is 11.8. The zero-order valence-corrected chi connectivity index (χ0v) is 16.5. The molecular formula is C20H30N2O4. The van der Waals surface area contributed by atoms with E-state index in [0.717, 1.165) is 5.56 Å². The van der Waals surface area contributed by atoms with Gasteiger partial charge in [-0.2, -0.15) is 0 Å². The van der Waals surface area contributed by atoms with Crippen molar-refractivity contribution < 1.29 is 19.5 Å². The summed E-state index contributed by atoms with van der Waals surface area (Å²) in [6.07, 6.45) is -0.146. The maximum Gasteiger partial charge on any atom is 0.305 e. The van der Waals surface area contributed by atoms with E-state index in [9.17, 15) is 14.4 Å². The maximum atomic E-state index is 12.5. The molecular weight excluding hydrogens is 332 g/mol. The number of carboxylic acids is 1. The Morgan fingerprint density at radius 1 is 1.04 bits per heavy atom. The average molecular weight is 362 g/mol. The standard InChI is InChI=1S/C20H30N2O4/c1-13(2)20(6,11-16(23)24)22-17(25)15-9-7-14(8-10-15)12-21-18(26)19(3,4)5/h7-10,13H,11-12H2,1-6H3,(H,21,26)(H,22,25)(H,23,24). The van der Waals surface area contributed by atoms with Crippen LogP contribution < -0.4 is 10.6 Å². The molecule has 0 saturated heterocycles. The summed E-state index contributed by atoms with van der Waals surface area (Å²) in [5.41, 5.74) is 0.0533. The molecule has 1 aromatic rings. The molecule has 0 aliphatic rings. The van der Waals surface area contributed by atoms with Gasteiger partial charge in [-0.25, -0.2) is 0 Å². The Morgan fingerprint density at radius 3 is 2.00 bits per heavy atom. The zero-order chi connectivity index (χ0) is 20.1. The fourth-order valence-corrected chi connectivity index (χ4v) is 2.26. The Bertz CT molecular complexity index is 659. The number of carboxylic acid groups (broad SMARTS) is 1. The topological polar surface area (TPSA) is 95.5 Å². The first kappa shape index (κ1) is 21.7. The number of benzene rings is 1. The van der Waals surface area contributed by atoms with Crippen molar-refractivity contribution in [2.75, 3.05) is 0 Å². The van der Waals surface area contributed by atoms with Crippen molar-refractivity contribution in [3.63, 3.8) is 0 Å². The highest BCUT2D eigenvalue weighted by Gasteiger charge is 2.33. The van der Waals surface area contributed by atoms with Gasteiger partial charge in [-0.1, -0.05) is 46.8 Å². The molecule has 0 aliphatic heterocycles. The molecule has 0 spiro atoms. The van der Waals surface area contributed by atoms with E-state index >= 15 is 0 Å². The molecule has 0 aromatic heterocycles. The van der Waals surface area contributed by atoms with Gasteiger partial charge in [0.1, 0.15) is 0 Å². The molecule has 0 radical (unpaired) electrons. The van der Waals surface area contributed by atoms with Crippen LogP contribution in [-0.2, 0) is 16.1 Å². The highest BCUT2D eigenvalue weighted by molar-refractivity contribution is 5.95. The smallest absolute Gasteiger partial charge is 0.305 e. The van der Waals surface area contributed by atoms with Gasteiger partial charge >= 0.3 is 5.97 Å².